The second-order valence-electron chi connectivity index (χ2n) is 9.20. The van der Waals surface area contributed by atoms with E-state index in [1.54, 1.807) is 35.7 Å². The van der Waals surface area contributed by atoms with E-state index in [1.807, 2.05) is 13.8 Å². The molecule has 4 rings (SSSR count). The van der Waals surface area contributed by atoms with Gasteiger partial charge in [0.15, 0.2) is 12.2 Å². The van der Waals surface area contributed by atoms with E-state index in [1.165, 1.54) is 18.4 Å². The molecule has 0 radical (unpaired) electrons. The van der Waals surface area contributed by atoms with Gasteiger partial charge in [0.1, 0.15) is 5.75 Å². The molecule has 9 nitrogen and oxygen atoms in total. The number of hydrogen-bond acceptors (Lipinski definition) is 8. The first kappa shape index (κ1) is 24.9. The minimum absolute atomic E-state index is 0.449. The van der Waals surface area contributed by atoms with Crippen molar-refractivity contribution in [3.63, 3.8) is 0 Å². The second kappa shape index (κ2) is 11.0. The number of rotatable bonds is 8. The smallest absolute Gasteiger partial charge is 0.313 e. The van der Waals surface area contributed by atoms with Gasteiger partial charge in [-0.15, -0.1) is 11.3 Å². The van der Waals surface area contributed by atoms with Gasteiger partial charge in [-0.25, -0.2) is 4.98 Å². The van der Waals surface area contributed by atoms with E-state index in [-0.39, 0.29) is 0 Å². The van der Waals surface area contributed by atoms with Gasteiger partial charge in [-0.2, -0.15) is 0 Å². The number of anilines is 1. The number of aromatic nitrogens is 1. The quantitative estimate of drug-likeness (QED) is 0.462. The zero-order valence-corrected chi connectivity index (χ0v) is 21.1. The van der Waals surface area contributed by atoms with Crippen molar-refractivity contribution in [1.29, 1.82) is 0 Å². The molecule has 0 bridgehead atoms. The molecule has 1 aliphatic heterocycles. The van der Waals surface area contributed by atoms with Crippen molar-refractivity contribution in [2.75, 3.05) is 45.2 Å². The average Bonchev–Trinajstić information content (AvgIpc) is 3.54. The summed E-state index contributed by atoms with van der Waals surface area (Å²) in [6, 6.07) is 9.33. The lowest BCUT2D eigenvalue weighted by Crippen LogP contribution is -2.57. The van der Waals surface area contributed by atoms with Crippen molar-refractivity contribution in [3.05, 3.63) is 53.2 Å². The summed E-state index contributed by atoms with van der Waals surface area (Å²) < 4.78 is 10.7. The highest BCUT2D eigenvalue weighted by molar-refractivity contribution is 7.09. The zero-order valence-electron chi connectivity index (χ0n) is 20.2. The van der Waals surface area contributed by atoms with E-state index in [0.29, 0.717) is 29.3 Å². The number of ether oxygens (including phenoxy) is 1. The van der Waals surface area contributed by atoms with Gasteiger partial charge in [0.05, 0.1) is 18.9 Å². The molecule has 2 aromatic heterocycles. The lowest BCUT2D eigenvalue weighted by molar-refractivity contribution is -0.137. The van der Waals surface area contributed by atoms with Crippen LogP contribution < -0.4 is 15.4 Å². The monoisotopic (exact) mass is 497 g/mol. The first-order valence-electron chi connectivity index (χ1n) is 11.5. The molecule has 0 atom stereocenters. The summed E-state index contributed by atoms with van der Waals surface area (Å²) in [5.74, 6) is -0.358. The highest BCUT2D eigenvalue weighted by Crippen LogP contribution is 2.32. The number of carbonyl (C=O) groups excluding carboxylic acids is 2. The van der Waals surface area contributed by atoms with Crippen LogP contribution in [0.5, 0.6) is 5.75 Å². The molecule has 186 valence electrons. The number of thiophene rings is 1. The van der Waals surface area contributed by atoms with Crippen molar-refractivity contribution in [2.24, 2.45) is 0 Å². The Morgan fingerprint density at radius 3 is 2.57 bits per heavy atom. The molecule has 0 unspecified atom stereocenters. The molecule has 3 aromatic rings. The number of hydrogen-bond donors (Lipinski definition) is 2. The lowest BCUT2D eigenvalue weighted by atomic mass is 10.0. The van der Waals surface area contributed by atoms with Crippen LogP contribution in [-0.2, 0) is 16.1 Å². The Morgan fingerprint density at radius 1 is 1.14 bits per heavy atom. The molecule has 0 aliphatic carbocycles. The van der Waals surface area contributed by atoms with Gasteiger partial charge in [-0.05, 0) is 37.4 Å². The summed E-state index contributed by atoms with van der Waals surface area (Å²) in [6.07, 6.45) is 2.91. The van der Waals surface area contributed by atoms with Crippen molar-refractivity contribution in [3.8, 4) is 17.1 Å². The fourth-order valence-corrected chi connectivity index (χ4v) is 4.95. The molecule has 2 N–H and O–H groups in total. The summed E-state index contributed by atoms with van der Waals surface area (Å²) in [5, 5.41) is 7.63. The predicted molar refractivity (Wildman–Crippen MR) is 135 cm³/mol. The maximum atomic E-state index is 12.6. The van der Waals surface area contributed by atoms with Crippen LogP contribution in [0.3, 0.4) is 0 Å². The highest BCUT2D eigenvalue weighted by Gasteiger charge is 2.29. The number of oxazole rings is 1. The fraction of sp³-hybridized carbons (Fsp3) is 0.400. The molecular weight excluding hydrogens is 466 g/mol. The van der Waals surface area contributed by atoms with E-state index in [4.69, 9.17) is 9.15 Å². The van der Waals surface area contributed by atoms with E-state index in [0.717, 1.165) is 32.7 Å². The minimum Gasteiger partial charge on any atom is -0.496 e. The van der Waals surface area contributed by atoms with Crippen LogP contribution >= 0.6 is 11.3 Å². The Morgan fingerprint density at radius 2 is 1.91 bits per heavy atom. The molecule has 2 amide bonds. The first-order valence-corrected chi connectivity index (χ1v) is 12.4. The summed E-state index contributed by atoms with van der Waals surface area (Å²) in [5.41, 5.74) is 0.590. The van der Waals surface area contributed by atoms with Crippen molar-refractivity contribution < 1.29 is 18.7 Å². The molecule has 0 spiro atoms. The topological polar surface area (TPSA) is 99.9 Å². The third-order valence-corrected chi connectivity index (χ3v) is 6.72. The molecule has 1 saturated heterocycles. The number of carbonyl (C=O) groups is 2. The van der Waals surface area contributed by atoms with Gasteiger partial charge in [-0.3, -0.25) is 19.4 Å². The Hall–Kier alpha value is -3.21. The SMILES string of the molecule is COc1cc(NC(=O)C(=O)NC(C)(C)CN2CCN(Cc3cccs3)CC2)ccc1-c1cnco1. The number of amides is 2. The van der Waals surface area contributed by atoms with Crippen molar-refractivity contribution in [2.45, 2.75) is 25.9 Å². The third kappa shape index (κ3) is 6.68. The minimum atomic E-state index is -0.728. The number of benzene rings is 1. The van der Waals surface area contributed by atoms with Gasteiger partial charge >= 0.3 is 11.8 Å². The van der Waals surface area contributed by atoms with Crippen molar-refractivity contribution >= 4 is 28.8 Å². The fourth-order valence-electron chi connectivity index (χ4n) is 4.20. The maximum Gasteiger partial charge on any atom is 0.313 e. The van der Waals surface area contributed by atoms with E-state index < -0.39 is 17.4 Å². The standard InChI is InChI=1S/C25H31N5O4S/c1-25(2,16-30-10-8-29(9-11-30)15-19-5-4-12-35-19)28-24(32)23(31)27-18-6-7-20(21(13-18)33-3)22-14-26-17-34-22/h4-7,12-14,17H,8-11,15-16H2,1-3H3,(H,27,31)(H,28,32). The Bertz CT molecular complexity index is 1120. The van der Waals surface area contributed by atoms with Gasteiger partial charge in [0.25, 0.3) is 0 Å². The normalized spacial score (nSPS) is 15.1. The summed E-state index contributed by atoms with van der Waals surface area (Å²) in [6.45, 7) is 9.33. The first-order chi connectivity index (χ1) is 16.8. The second-order valence-corrected chi connectivity index (χ2v) is 10.2. The number of nitrogens with one attached hydrogen (secondary N) is 2. The van der Waals surface area contributed by atoms with E-state index in [9.17, 15) is 9.59 Å². The molecular formula is C25H31N5O4S. The molecule has 1 aliphatic rings. The summed E-state index contributed by atoms with van der Waals surface area (Å²) in [4.78, 5) is 35.3. The van der Waals surface area contributed by atoms with Crippen molar-refractivity contribution in [1.82, 2.24) is 20.1 Å². The van der Waals surface area contributed by atoms with Gasteiger partial charge in [0, 0.05) is 61.4 Å². The molecule has 0 saturated carbocycles. The molecule has 10 heteroatoms. The van der Waals surface area contributed by atoms with Crippen LogP contribution in [0, 0.1) is 0 Å². The van der Waals surface area contributed by atoms with Crippen LogP contribution in [0.25, 0.3) is 11.3 Å². The van der Waals surface area contributed by atoms with Crippen LogP contribution in [0.1, 0.15) is 18.7 Å². The Balaban J connectivity index is 1.27. The zero-order chi connectivity index (χ0) is 24.8. The Kier molecular flexibility index (Phi) is 7.84. The average molecular weight is 498 g/mol. The molecule has 1 aromatic carbocycles. The summed E-state index contributed by atoms with van der Waals surface area (Å²) >= 11 is 1.79. The van der Waals surface area contributed by atoms with E-state index >= 15 is 0 Å². The predicted octanol–water partition coefficient (Wildman–Crippen LogP) is 3.06. The third-order valence-electron chi connectivity index (χ3n) is 5.86. The largest absolute Gasteiger partial charge is 0.496 e. The number of nitrogens with zero attached hydrogens (tertiary/aromatic N) is 3. The van der Waals surface area contributed by atoms with Crippen LogP contribution in [0.4, 0.5) is 5.69 Å². The number of piperazine rings is 1. The van der Waals surface area contributed by atoms with Crippen LogP contribution in [0.15, 0.2) is 52.7 Å². The van der Waals surface area contributed by atoms with Crippen LogP contribution in [0.2, 0.25) is 0 Å². The summed E-state index contributed by atoms with van der Waals surface area (Å²) in [7, 11) is 1.53. The van der Waals surface area contributed by atoms with Gasteiger partial charge < -0.3 is 19.8 Å². The van der Waals surface area contributed by atoms with Gasteiger partial charge in [0.2, 0.25) is 0 Å². The Labute approximate surface area is 209 Å². The highest BCUT2D eigenvalue weighted by atomic mass is 32.1. The molecule has 1 fully saturated rings. The van der Waals surface area contributed by atoms with Crippen LogP contribution in [-0.4, -0.2) is 72.0 Å². The molecule has 35 heavy (non-hydrogen) atoms. The molecule has 3 heterocycles. The number of methoxy groups -OCH3 is 1. The van der Waals surface area contributed by atoms with E-state index in [2.05, 4.69) is 42.9 Å². The van der Waals surface area contributed by atoms with Gasteiger partial charge in [-0.1, -0.05) is 6.07 Å². The maximum absolute atomic E-state index is 12.6. The lowest BCUT2D eigenvalue weighted by Gasteiger charge is -2.39.